The zero-order valence-electron chi connectivity index (χ0n) is 16.0. The predicted molar refractivity (Wildman–Crippen MR) is 99.1 cm³/mol. The summed E-state index contributed by atoms with van der Waals surface area (Å²) < 4.78 is 2.10. The third kappa shape index (κ3) is 5.21. The van der Waals surface area contributed by atoms with Crippen LogP contribution in [-0.4, -0.2) is 51.3 Å². The molecule has 1 aliphatic rings. The summed E-state index contributed by atoms with van der Waals surface area (Å²) >= 11 is 0. The molecule has 2 rings (SSSR count). The number of hydrogen-bond acceptors (Lipinski definition) is 3. The van der Waals surface area contributed by atoms with Crippen molar-refractivity contribution in [3.05, 3.63) is 12.2 Å². The Hall–Kier alpha value is -1.59. The van der Waals surface area contributed by atoms with E-state index in [1.54, 1.807) is 6.33 Å². The fourth-order valence-corrected chi connectivity index (χ4v) is 3.40. The summed E-state index contributed by atoms with van der Waals surface area (Å²) in [5, 5.41) is 11.8. The van der Waals surface area contributed by atoms with Crippen LogP contribution in [0.2, 0.25) is 0 Å². The fraction of sp³-hybridized carbons (Fsp3) is 0.833. The molecule has 1 N–H and O–H groups in total. The van der Waals surface area contributed by atoms with E-state index in [0.29, 0.717) is 6.04 Å². The molecule has 3 atom stereocenters. The molecule has 0 aliphatic carbocycles. The molecule has 0 aromatic carbocycles. The van der Waals surface area contributed by atoms with Crippen molar-refractivity contribution < 1.29 is 0 Å². The van der Waals surface area contributed by atoms with Crippen LogP contribution in [0.1, 0.15) is 53.3 Å². The average molecular weight is 335 g/mol. The summed E-state index contributed by atoms with van der Waals surface area (Å²) in [6.07, 6.45) is 5.13. The number of rotatable bonds is 6. The summed E-state index contributed by atoms with van der Waals surface area (Å²) in [5.41, 5.74) is 0. The van der Waals surface area contributed by atoms with E-state index in [1.807, 2.05) is 0 Å². The van der Waals surface area contributed by atoms with E-state index in [0.717, 1.165) is 62.6 Å². The van der Waals surface area contributed by atoms with Crippen molar-refractivity contribution in [3.63, 3.8) is 0 Å². The number of nitrogens with zero attached hydrogens (tertiary/aromatic N) is 5. The van der Waals surface area contributed by atoms with Gasteiger partial charge in [0.2, 0.25) is 0 Å². The normalized spacial score (nSPS) is 23.4. The van der Waals surface area contributed by atoms with Crippen LogP contribution in [0.5, 0.6) is 0 Å². The first kappa shape index (κ1) is 18.7. The molecule has 0 spiro atoms. The molecular weight excluding hydrogens is 300 g/mol. The van der Waals surface area contributed by atoms with Gasteiger partial charge in [0.25, 0.3) is 0 Å². The van der Waals surface area contributed by atoms with Crippen molar-refractivity contribution in [2.75, 3.05) is 19.6 Å². The van der Waals surface area contributed by atoms with Gasteiger partial charge in [-0.15, -0.1) is 10.2 Å². The molecule has 0 radical (unpaired) electrons. The van der Waals surface area contributed by atoms with Crippen molar-refractivity contribution in [2.45, 2.75) is 66.5 Å². The van der Waals surface area contributed by atoms with Gasteiger partial charge < -0.3 is 14.8 Å². The maximum absolute atomic E-state index is 4.91. The van der Waals surface area contributed by atoms with Crippen LogP contribution in [-0.2, 0) is 13.0 Å². The standard InChI is InChI=1S/C18H34N6/c1-6-16(5)21-18(24-11-14(3)10-15(4)12-24)19-8-9-23-13-20-22-17(23)7-2/h13-16H,6-12H2,1-5H3,(H,19,21). The Kier molecular flexibility index (Phi) is 7.06. The first-order valence-corrected chi connectivity index (χ1v) is 9.46. The van der Waals surface area contributed by atoms with Gasteiger partial charge in [-0.2, -0.15) is 0 Å². The van der Waals surface area contributed by atoms with Crippen LogP contribution in [0.3, 0.4) is 0 Å². The van der Waals surface area contributed by atoms with Gasteiger partial charge in [0.15, 0.2) is 5.96 Å². The van der Waals surface area contributed by atoms with Gasteiger partial charge in [-0.25, -0.2) is 0 Å². The lowest BCUT2D eigenvalue weighted by atomic mass is 9.92. The van der Waals surface area contributed by atoms with Gasteiger partial charge >= 0.3 is 0 Å². The largest absolute Gasteiger partial charge is 0.354 e. The highest BCUT2D eigenvalue weighted by Crippen LogP contribution is 2.21. The number of aliphatic imine (C=N–C) groups is 1. The van der Waals surface area contributed by atoms with Crippen LogP contribution in [0.25, 0.3) is 0 Å². The lowest BCUT2D eigenvalue weighted by Crippen LogP contribution is -2.50. The molecule has 1 saturated heterocycles. The Balaban J connectivity index is 2.04. The smallest absolute Gasteiger partial charge is 0.194 e. The van der Waals surface area contributed by atoms with Crippen LogP contribution in [0.4, 0.5) is 0 Å². The van der Waals surface area contributed by atoms with Gasteiger partial charge in [-0.3, -0.25) is 4.99 Å². The Morgan fingerprint density at radius 3 is 2.67 bits per heavy atom. The molecule has 1 aliphatic heterocycles. The van der Waals surface area contributed by atoms with Gasteiger partial charge in [-0.05, 0) is 31.6 Å². The molecule has 6 heteroatoms. The summed E-state index contributed by atoms with van der Waals surface area (Å²) in [7, 11) is 0. The zero-order valence-corrected chi connectivity index (χ0v) is 16.0. The molecule has 1 aromatic heterocycles. The molecule has 136 valence electrons. The summed E-state index contributed by atoms with van der Waals surface area (Å²) in [5.74, 6) is 3.54. The lowest BCUT2D eigenvalue weighted by Gasteiger charge is -2.38. The molecule has 0 amide bonds. The van der Waals surface area contributed by atoms with Crippen molar-refractivity contribution in [1.82, 2.24) is 25.0 Å². The zero-order chi connectivity index (χ0) is 17.5. The molecular formula is C18H34N6. The Morgan fingerprint density at radius 1 is 1.33 bits per heavy atom. The highest BCUT2D eigenvalue weighted by molar-refractivity contribution is 5.80. The van der Waals surface area contributed by atoms with Crippen molar-refractivity contribution in [3.8, 4) is 0 Å². The Bertz CT molecular complexity index is 513. The van der Waals surface area contributed by atoms with Crippen LogP contribution in [0.15, 0.2) is 11.3 Å². The number of piperidine rings is 1. The second-order valence-corrected chi connectivity index (χ2v) is 7.30. The number of aromatic nitrogens is 3. The maximum atomic E-state index is 4.91. The van der Waals surface area contributed by atoms with E-state index in [-0.39, 0.29) is 0 Å². The van der Waals surface area contributed by atoms with Crippen LogP contribution < -0.4 is 5.32 Å². The average Bonchev–Trinajstić information content (AvgIpc) is 3.00. The van der Waals surface area contributed by atoms with Crippen LogP contribution >= 0.6 is 0 Å². The molecule has 3 unspecified atom stereocenters. The minimum atomic E-state index is 0.442. The fourth-order valence-electron chi connectivity index (χ4n) is 3.40. The quantitative estimate of drug-likeness (QED) is 0.642. The molecule has 1 fully saturated rings. The van der Waals surface area contributed by atoms with Gasteiger partial charge in [0, 0.05) is 32.1 Å². The molecule has 2 heterocycles. The number of hydrogen-bond donors (Lipinski definition) is 1. The molecule has 6 nitrogen and oxygen atoms in total. The first-order chi connectivity index (χ1) is 11.5. The van der Waals surface area contributed by atoms with Crippen molar-refractivity contribution in [1.29, 1.82) is 0 Å². The summed E-state index contributed by atoms with van der Waals surface area (Å²) in [6.45, 7) is 15.0. The third-order valence-corrected chi connectivity index (χ3v) is 4.77. The number of likely N-dealkylation sites (tertiary alicyclic amines) is 1. The molecule has 0 saturated carbocycles. The van der Waals surface area contributed by atoms with Gasteiger partial charge in [0.05, 0.1) is 6.54 Å². The third-order valence-electron chi connectivity index (χ3n) is 4.77. The van der Waals surface area contributed by atoms with Crippen molar-refractivity contribution in [2.24, 2.45) is 16.8 Å². The molecule has 0 bridgehead atoms. The first-order valence-electron chi connectivity index (χ1n) is 9.46. The lowest BCUT2D eigenvalue weighted by molar-refractivity contribution is 0.207. The minimum Gasteiger partial charge on any atom is -0.354 e. The van der Waals surface area contributed by atoms with E-state index in [1.165, 1.54) is 6.42 Å². The molecule has 24 heavy (non-hydrogen) atoms. The van der Waals surface area contributed by atoms with Crippen LogP contribution in [0, 0.1) is 11.8 Å². The second-order valence-electron chi connectivity index (χ2n) is 7.30. The number of nitrogens with one attached hydrogen (secondary N) is 1. The van der Waals surface area contributed by atoms with E-state index < -0.39 is 0 Å². The Morgan fingerprint density at radius 2 is 2.04 bits per heavy atom. The van der Waals surface area contributed by atoms with Gasteiger partial charge in [0.1, 0.15) is 12.2 Å². The molecule has 1 aromatic rings. The number of guanidine groups is 1. The minimum absolute atomic E-state index is 0.442. The van der Waals surface area contributed by atoms with E-state index >= 15 is 0 Å². The van der Waals surface area contributed by atoms with Gasteiger partial charge in [-0.1, -0.05) is 27.7 Å². The SMILES string of the molecule is CCc1nncn1CCN=C(NC(C)CC)N1CC(C)CC(C)C1. The van der Waals surface area contributed by atoms with E-state index in [4.69, 9.17) is 4.99 Å². The topological polar surface area (TPSA) is 58.3 Å². The van der Waals surface area contributed by atoms with Crippen molar-refractivity contribution >= 4 is 5.96 Å². The highest BCUT2D eigenvalue weighted by Gasteiger charge is 2.24. The monoisotopic (exact) mass is 334 g/mol. The second kappa shape index (κ2) is 9.04. The predicted octanol–water partition coefficient (Wildman–Crippen LogP) is 2.56. The number of aryl methyl sites for hydroxylation is 1. The summed E-state index contributed by atoms with van der Waals surface area (Å²) in [4.78, 5) is 7.35. The summed E-state index contributed by atoms with van der Waals surface area (Å²) in [6, 6.07) is 0.442. The highest BCUT2D eigenvalue weighted by atomic mass is 15.3. The van der Waals surface area contributed by atoms with E-state index in [2.05, 4.69) is 59.6 Å². The van der Waals surface area contributed by atoms with E-state index in [9.17, 15) is 0 Å². The Labute approximate surface area is 146 Å². The maximum Gasteiger partial charge on any atom is 0.194 e.